The van der Waals surface area contributed by atoms with Gasteiger partial charge in [0.15, 0.2) is 24.6 Å². The predicted molar refractivity (Wildman–Crippen MR) is 393 cm³/mol. The SMILES string of the molecule is CC(=O)O[C@@H]1C[C@]2(C)[C@@H](C3=CC(=O)OC3)CC[C@]2(O[C@@H]2O[C@@H](C)[C@H](OC(=O)c3ccc4ccccc4c3)[C@@H](OC(=O)c3ccc4ccccc4c3)[C@H]2OC(=O)c2ccc3ccccc3c2)[C@@H]2CC[C@]3(O)C[C@@H](OC(=O)c4ccc5ccccc5c4)C[C@@H](OC(C)=O)[C@]3(COC(=O)c3ccc4ccccc4c3)[C@H]21. The second-order valence-electron chi connectivity index (χ2n) is 29.7. The number of cyclic esters (lactones) is 1. The number of benzene rings is 10. The van der Waals surface area contributed by atoms with Crippen LogP contribution in [0.4, 0.5) is 0 Å². The van der Waals surface area contributed by atoms with Gasteiger partial charge in [-0.05, 0) is 171 Å². The van der Waals surface area contributed by atoms with Gasteiger partial charge in [-0.15, -0.1) is 0 Å². The molecule has 16 rings (SSSR count). The lowest BCUT2D eigenvalue weighted by Gasteiger charge is -2.69. The van der Waals surface area contributed by atoms with Gasteiger partial charge in [0.25, 0.3) is 0 Å². The molecule has 1 N–H and O–H groups in total. The van der Waals surface area contributed by atoms with Gasteiger partial charge in [-0.2, -0.15) is 0 Å². The topological polar surface area (TPSA) is 249 Å². The molecule has 0 amide bonds. The van der Waals surface area contributed by atoms with E-state index in [0.29, 0.717) is 22.8 Å². The van der Waals surface area contributed by atoms with Gasteiger partial charge in [0, 0.05) is 44.1 Å². The molecule has 6 aliphatic rings. The van der Waals surface area contributed by atoms with Gasteiger partial charge < -0.3 is 52.5 Å². The van der Waals surface area contributed by atoms with Crippen LogP contribution >= 0.6 is 0 Å². The normalized spacial score (nSPS) is 28.6. The van der Waals surface area contributed by atoms with Gasteiger partial charge >= 0.3 is 47.8 Å². The van der Waals surface area contributed by atoms with Gasteiger partial charge in [-0.3, -0.25) is 9.59 Å². The minimum Gasteiger partial charge on any atom is -0.462 e. The molecule has 10 aromatic carbocycles. The Bertz CT molecular complexity index is 5300. The van der Waals surface area contributed by atoms with Gasteiger partial charge in [-0.25, -0.2) is 28.8 Å². The van der Waals surface area contributed by atoms with Crippen molar-refractivity contribution < 1.29 is 90.8 Å². The molecule has 0 bridgehead atoms. The fourth-order valence-corrected chi connectivity index (χ4v) is 18.9. The zero-order valence-corrected chi connectivity index (χ0v) is 59.3. The van der Waals surface area contributed by atoms with Crippen LogP contribution in [0.2, 0.25) is 0 Å². The first-order valence-electron chi connectivity index (χ1n) is 36.4. The summed E-state index contributed by atoms with van der Waals surface area (Å²) in [5.41, 5.74) is -5.68. The average Bonchev–Trinajstić information content (AvgIpc) is 1.65. The van der Waals surface area contributed by atoms with Crippen LogP contribution in [0, 0.1) is 28.6 Å². The van der Waals surface area contributed by atoms with E-state index in [-0.39, 0.29) is 72.9 Å². The van der Waals surface area contributed by atoms with E-state index in [0.717, 1.165) is 43.1 Å². The molecule has 2 heterocycles. The molecular formula is C88H78O19. The monoisotopic (exact) mass is 1440 g/mol. The van der Waals surface area contributed by atoms with Crippen molar-refractivity contribution in [2.75, 3.05) is 13.2 Å². The molecule has 4 aliphatic carbocycles. The van der Waals surface area contributed by atoms with Gasteiger partial charge in [0.05, 0.1) is 50.5 Å². The molecule has 19 nitrogen and oxygen atoms in total. The molecule has 15 atom stereocenters. The number of carbonyl (C=O) groups excluding carboxylic acids is 8. The van der Waals surface area contributed by atoms with E-state index in [4.69, 9.17) is 47.4 Å². The van der Waals surface area contributed by atoms with E-state index < -0.39 is 143 Å². The molecule has 5 fully saturated rings. The third-order valence-electron chi connectivity index (χ3n) is 23.7. The highest BCUT2D eigenvalue weighted by atomic mass is 16.7. The highest BCUT2D eigenvalue weighted by Crippen LogP contribution is 2.73. The minimum absolute atomic E-state index is 0.0183. The average molecular weight is 1440 g/mol. The van der Waals surface area contributed by atoms with E-state index in [1.54, 1.807) is 97.9 Å². The first-order chi connectivity index (χ1) is 51.7. The smallest absolute Gasteiger partial charge is 0.338 e. The van der Waals surface area contributed by atoms with Crippen molar-refractivity contribution in [3.63, 3.8) is 0 Å². The van der Waals surface area contributed by atoms with Crippen LogP contribution in [0.25, 0.3) is 53.9 Å². The van der Waals surface area contributed by atoms with Crippen LogP contribution in [0.1, 0.15) is 124 Å². The Labute approximate surface area is 615 Å². The second-order valence-corrected chi connectivity index (χ2v) is 29.7. The fourth-order valence-electron chi connectivity index (χ4n) is 18.9. The molecule has 0 spiro atoms. The number of hydrogen-bond acceptors (Lipinski definition) is 19. The van der Waals surface area contributed by atoms with Crippen LogP contribution in [-0.4, -0.2) is 126 Å². The third kappa shape index (κ3) is 12.8. The molecule has 0 radical (unpaired) electrons. The molecule has 4 saturated carbocycles. The van der Waals surface area contributed by atoms with Crippen molar-refractivity contribution in [2.45, 2.75) is 133 Å². The zero-order chi connectivity index (χ0) is 74.1. The summed E-state index contributed by atoms with van der Waals surface area (Å²) in [6.07, 6.45) is -10.9. The van der Waals surface area contributed by atoms with Gasteiger partial charge in [0.1, 0.15) is 31.5 Å². The minimum atomic E-state index is -2.11. The van der Waals surface area contributed by atoms with Crippen LogP contribution in [0.3, 0.4) is 0 Å². The zero-order valence-electron chi connectivity index (χ0n) is 59.3. The highest BCUT2D eigenvalue weighted by Gasteiger charge is 2.79. The Morgan fingerprint density at radius 3 is 1.36 bits per heavy atom. The quantitative estimate of drug-likeness (QED) is 0.0697. The van der Waals surface area contributed by atoms with Crippen molar-refractivity contribution in [3.8, 4) is 0 Å². The second kappa shape index (κ2) is 28.0. The molecule has 10 aromatic rings. The molecule has 544 valence electrons. The van der Waals surface area contributed by atoms with Crippen LogP contribution < -0.4 is 0 Å². The Hall–Kier alpha value is -11.1. The third-order valence-corrected chi connectivity index (χ3v) is 23.7. The Morgan fingerprint density at radius 2 is 0.916 bits per heavy atom. The lowest BCUT2D eigenvalue weighted by atomic mass is 9.40. The first-order valence-corrected chi connectivity index (χ1v) is 36.4. The summed E-state index contributed by atoms with van der Waals surface area (Å²) < 4.78 is 67.6. The first kappa shape index (κ1) is 70.2. The van der Waals surface area contributed by atoms with E-state index in [1.807, 2.05) is 128 Å². The molecular weight excluding hydrogens is 1360 g/mol. The Morgan fingerprint density at radius 1 is 0.486 bits per heavy atom. The summed E-state index contributed by atoms with van der Waals surface area (Å²) in [7, 11) is 0. The van der Waals surface area contributed by atoms with Gasteiger partial charge in [0.2, 0.25) is 0 Å². The Balaban J connectivity index is 0.858. The summed E-state index contributed by atoms with van der Waals surface area (Å²) in [5.74, 6) is -8.99. The Kier molecular flexibility index (Phi) is 18.4. The summed E-state index contributed by atoms with van der Waals surface area (Å²) in [6, 6.07) is 62.8. The maximum absolute atomic E-state index is 15.6. The van der Waals surface area contributed by atoms with E-state index in [1.165, 1.54) is 19.9 Å². The van der Waals surface area contributed by atoms with E-state index in [9.17, 15) is 29.1 Å². The largest absolute Gasteiger partial charge is 0.462 e. The molecule has 2 aliphatic heterocycles. The standard InChI is InChI=1S/C88H78O19/c1-50-76(104-81(94)65-32-27-55-17-7-12-22-60(55)41-65)77(105-82(95)66-33-28-56-18-8-13-23-61(56)42-66)78(106-83(96)67-34-29-57-19-9-14-24-62(57)43-67)84(100-50)107-88-38-36-70(68-44-74(91)98-48-68)85(88,4)47-72(101-51(2)89)75-71(88)35-37-86(97)46-69(103-80(93)64-31-26-54-16-6-11-21-59(54)40-64)45-73(102-52(3)90)87(75,86)49-99-79(92)63-30-25-53-15-5-10-20-58(53)39-63/h5-34,39-44,50,69-73,75-78,84,97H,35-38,45-49H2,1-4H3/t50-,69-,70+,71+,72+,73+,75+,76-,77+,78+,84-,85+,86-,87+,88-/m0/s1. The van der Waals surface area contributed by atoms with Crippen molar-refractivity contribution in [1.82, 2.24) is 0 Å². The van der Waals surface area contributed by atoms with Crippen LogP contribution in [0.5, 0.6) is 0 Å². The number of aliphatic hydroxyl groups is 1. The number of carbonyl (C=O) groups is 8. The summed E-state index contributed by atoms with van der Waals surface area (Å²) in [4.78, 5) is 118. The molecule has 107 heavy (non-hydrogen) atoms. The maximum Gasteiger partial charge on any atom is 0.338 e. The van der Waals surface area contributed by atoms with Crippen LogP contribution in [0.15, 0.2) is 224 Å². The number of rotatable bonds is 16. The lowest BCUT2D eigenvalue weighted by molar-refractivity contribution is -0.372. The number of fused-ring (bicyclic) bond motifs is 10. The van der Waals surface area contributed by atoms with Gasteiger partial charge in [-0.1, -0.05) is 159 Å². The number of ether oxygens (including phenoxy) is 10. The molecule has 1 saturated heterocycles. The maximum atomic E-state index is 15.6. The van der Waals surface area contributed by atoms with E-state index in [2.05, 4.69) is 0 Å². The summed E-state index contributed by atoms with van der Waals surface area (Å²) in [6.45, 7) is 5.31. The molecule has 0 aromatic heterocycles. The van der Waals surface area contributed by atoms with Crippen LogP contribution in [-0.2, 0) is 61.8 Å². The van der Waals surface area contributed by atoms with E-state index >= 15 is 14.4 Å². The predicted octanol–water partition coefficient (Wildman–Crippen LogP) is 14.7. The molecule has 0 unspecified atom stereocenters. The summed E-state index contributed by atoms with van der Waals surface area (Å²) >= 11 is 0. The number of esters is 8. The molecule has 19 heteroatoms. The summed E-state index contributed by atoms with van der Waals surface area (Å²) in [5, 5.41) is 22.4. The van der Waals surface area contributed by atoms with Crippen molar-refractivity contribution in [3.05, 3.63) is 252 Å². The highest BCUT2D eigenvalue weighted by molar-refractivity contribution is 5.99. The van der Waals surface area contributed by atoms with Crippen molar-refractivity contribution in [1.29, 1.82) is 0 Å². The number of hydrogen-bond donors (Lipinski definition) is 1. The fraction of sp³-hybridized carbons (Fsp3) is 0.318. The van der Waals surface area contributed by atoms with Crippen molar-refractivity contribution >= 4 is 102 Å². The lowest BCUT2D eigenvalue weighted by Crippen LogP contribution is -2.77. The van der Waals surface area contributed by atoms with Crippen molar-refractivity contribution in [2.24, 2.45) is 28.6 Å².